The Morgan fingerprint density at radius 2 is 1.93 bits per heavy atom. The van der Waals surface area contributed by atoms with Gasteiger partial charge in [-0.2, -0.15) is 5.26 Å². The Hall–Kier alpha value is -0.640. The standard InChI is InChI=1S/C9H18N2O3S/c1-4-9(5-2,7-12)11-15(13,14)8(3)6-10/h8,11-12H,4-5,7H2,1-3H3. The summed E-state index contributed by atoms with van der Waals surface area (Å²) in [6.45, 7) is 4.63. The second-order valence-corrected chi connectivity index (χ2v) is 5.57. The van der Waals surface area contributed by atoms with E-state index in [9.17, 15) is 13.5 Å². The van der Waals surface area contributed by atoms with Crippen molar-refractivity contribution in [3.63, 3.8) is 0 Å². The number of nitriles is 1. The van der Waals surface area contributed by atoms with Gasteiger partial charge in [-0.15, -0.1) is 0 Å². The largest absolute Gasteiger partial charge is 0.394 e. The van der Waals surface area contributed by atoms with Gasteiger partial charge in [-0.05, 0) is 19.8 Å². The molecule has 0 fully saturated rings. The van der Waals surface area contributed by atoms with Crippen molar-refractivity contribution in [1.82, 2.24) is 4.72 Å². The third-order valence-corrected chi connectivity index (χ3v) is 4.42. The van der Waals surface area contributed by atoms with Crippen molar-refractivity contribution in [3.8, 4) is 6.07 Å². The Kier molecular flexibility index (Phi) is 5.21. The number of nitrogens with one attached hydrogen (secondary N) is 1. The van der Waals surface area contributed by atoms with Gasteiger partial charge in [-0.1, -0.05) is 13.8 Å². The zero-order valence-electron chi connectivity index (χ0n) is 9.32. The molecule has 15 heavy (non-hydrogen) atoms. The number of nitrogens with zero attached hydrogens (tertiary/aromatic N) is 1. The topological polar surface area (TPSA) is 90.2 Å². The molecule has 0 aliphatic heterocycles. The summed E-state index contributed by atoms with van der Waals surface area (Å²) in [5, 5.41) is 16.6. The van der Waals surface area contributed by atoms with E-state index in [1.54, 1.807) is 19.9 Å². The number of hydrogen-bond donors (Lipinski definition) is 2. The smallest absolute Gasteiger partial charge is 0.228 e. The fourth-order valence-electron chi connectivity index (χ4n) is 1.11. The summed E-state index contributed by atoms with van der Waals surface area (Å²) < 4.78 is 25.6. The average molecular weight is 234 g/mol. The van der Waals surface area contributed by atoms with Crippen LogP contribution in [0.4, 0.5) is 0 Å². The second kappa shape index (κ2) is 5.45. The van der Waals surface area contributed by atoms with Gasteiger partial charge in [0.05, 0.1) is 18.2 Å². The van der Waals surface area contributed by atoms with Gasteiger partial charge in [-0.25, -0.2) is 13.1 Å². The zero-order chi connectivity index (χ0) is 12.1. The van der Waals surface area contributed by atoms with Crippen molar-refractivity contribution in [3.05, 3.63) is 0 Å². The van der Waals surface area contributed by atoms with Crippen molar-refractivity contribution in [1.29, 1.82) is 5.26 Å². The molecule has 0 bridgehead atoms. The van der Waals surface area contributed by atoms with Crippen LogP contribution in [0.2, 0.25) is 0 Å². The fraction of sp³-hybridized carbons (Fsp3) is 0.889. The summed E-state index contributed by atoms with van der Waals surface area (Å²) >= 11 is 0. The third kappa shape index (κ3) is 3.45. The van der Waals surface area contributed by atoms with Crippen molar-refractivity contribution in [2.24, 2.45) is 0 Å². The van der Waals surface area contributed by atoms with E-state index in [0.717, 1.165) is 0 Å². The molecule has 0 aliphatic carbocycles. The maximum atomic E-state index is 11.6. The normalized spacial score (nSPS) is 14.6. The first-order valence-corrected chi connectivity index (χ1v) is 6.45. The quantitative estimate of drug-likeness (QED) is 0.694. The van der Waals surface area contributed by atoms with E-state index in [-0.39, 0.29) is 6.61 Å². The molecule has 0 rings (SSSR count). The molecule has 2 N–H and O–H groups in total. The van der Waals surface area contributed by atoms with Crippen LogP contribution in [0.25, 0.3) is 0 Å². The lowest BCUT2D eigenvalue weighted by atomic mass is 9.96. The predicted molar refractivity (Wildman–Crippen MR) is 57.5 cm³/mol. The van der Waals surface area contributed by atoms with Crippen LogP contribution in [0.5, 0.6) is 0 Å². The van der Waals surface area contributed by atoms with Crippen LogP contribution >= 0.6 is 0 Å². The summed E-state index contributed by atoms with van der Waals surface area (Å²) in [6, 6.07) is 1.67. The molecule has 0 spiro atoms. The first-order valence-electron chi connectivity index (χ1n) is 4.90. The van der Waals surface area contributed by atoms with E-state index >= 15 is 0 Å². The minimum absolute atomic E-state index is 0.266. The van der Waals surface area contributed by atoms with E-state index in [2.05, 4.69) is 4.72 Å². The molecule has 0 amide bonds. The van der Waals surface area contributed by atoms with Gasteiger partial charge in [0.2, 0.25) is 10.0 Å². The Morgan fingerprint density at radius 1 is 1.47 bits per heavy atom. The Bertz CT molecular complexity index is 319. The highest BCUT2D eigenvalue weighted by atomic mass is 32.2. The Morgan fingerprint density at radius 3 is 2.20 bits per heavy atom. The SMILES string of the molecule is CCC(CC)(CO)NS(=O)(=O)C(C)C#N. The summed E-state index contributed by atoms with van der Waals surface area (Å²) in [6.07, 6.45) is 0.967. The number of aliphatic hydroxyl groups excluding tert-OH is 1. The molecule has 0 aromatic heterocycles. The summed E-state index contributed by atoms with van der Waals surface area (Å²) in [5.74, 6) is 0. The molecule has 0 saturated carbocycles. The van der Waals surface area contributed by atoms with Crippen LogP contribution in [0, 0.1) is 11.3 Å². The Balaban J connectivity index is 4.92. The first-order chi connectivity index (χ1) is 6.87. The summed E-state index contributed by atoms with van der Waals surface area (Å²) in [5.41, 5.74) is -0.843. The molecule has 0 aliphatic rings. The molecular weight excluding hydrogens is 216 g/mol. The first kappa shape index (κ1) is 14.4. The van der Waals surface area contributed by atoms with Crippen molar-refractivity contribution in [2.45, 2.75) is 44.4 Å². The second-order valence-electron chi connectivity index (χ2n) is 3.56. The molecule has 0 saturated heterocycles. The monoisotopic (exact) mass is 234 g/mol. The highest BCUT2D eigenvalue weighted by Gasteiger charge is 2.33. The number of hydrogen-bond acceptors (Lipinski definition) is 4. The van der Waals surface area contributed by atoms with Gasteiger partial charge >= 0.3 is 0 Å². The van der Waals surface area contributed by atoms with Crippen LogP contribution in [-0.2, 0) is 10.0 Å². The molecule has 0 aromatic carbocycles. The van der Waals surface area contributed by atoms with E-state index in [1.807, 2.05) is 0 Å². The van der Waals surface area contributed by atoms with Crippen LogP contribution in [-0.4, -0.2) is 30.9 Å². The van der Waals surface area contributed by atoms with Gasteiger partial charge in [0.15, 0.2) is 5.25 Å². The highest BCUT2D eigenvalue weighted by molar-refractivity contribution is 7.90. The number of sulfonamides is 1. The number of aliphatic hydroxyl groups is 1. The van der Waals surface area contributed by atoms with Gasteiger partial charge in [0, 0.05) is 0 Å². The highest BCUT2D eigenvalue weighted by Crippen LogP contribution is 2.16. The van der Waals surface area contributed by atoms with E-state index in [0.29, 0.717) is 12.8 Å². The lowest BCUT2D eigenvalue weighted by Crippen LogP contribution is -2.52. The maximum Gasteiger partial charge on any atom is 0.228 e. The molecule has 88 valence electrons. The van der Waals surface area contributed by atoms with Crippen molar-refractivity contribution < 1.29 is 13.5 Å². The molecule has 0 radical (unpaired) electrons. The maximum absolute atomic E-state index is 11.6. The van der Waals surface area contributed by atoms with Gasteiger partial charge in [0.1, 0.15) is 0 Å². The van der Waals surface area contributed by atoms with Crippen molar-refractivity contribution in [2.75, 3.05) is 6.61 Å². The lowest BCUT2D eigenvalue weighted by Gasteiger charge is -2.30. The van der Waals surface area contributed by atoms with E-state index in [1.165, 1.54) is 6.92 Å². The van der Waals surface area contributed by atoms with E-state index < -0.39 is 20.8 Å². The third-order valence-electron chi connectivity index (χ3n) is 2.66. The molecular formula is C9H18N2O3S. The molecule has 6 heteroatoms. The summed E-state index contributed by atoms with van der Waals surface area (Å²) in [4.78, 5) is 0. The zero-order valence-corrected chi connectivity index (χ0v) is 10.1. The van der Waals surface area contributed by atoms with E-state index in [4.69, 9.17) is 5.26 Å². The summed E-state index contributed by atoms with van der Waals surface area (Å²) in [7, 11) is -3.68. The van der Waals surface area contributed by atoms with Crippen LogP contribution in [0.3, 0.4) is 0 Å². The van der Waals surface area contributed by atoms with Gasteiger partial charge < -0.3 is 5.11 Å². The molecule has 5 nitrogen and oxygen atoms in total. The van der Waals surface area contributed by atoms with Gasteiger partial charge in [0.25, 0.3) is 0 Å². The molecule has 0 heterocycles. The van der Waals surface area contributed by atoms with Crippen LogP contribution < -0.4 is 4.72 Å². The molecule has 0 aromatic rings. The van der Waals surface area contributed by atoms with Crippen LogP contribution in [0.1, 0.15) is 33.6 Å². The minimum Gasteiger partial charge on any atom is -0.394 e. The minimum atomic E-state index is -3.68. The molecule has 1 atom stereocenters. The fourth-order valence-corrected chi connectivity index (χ4v) is 2.38. The average Bonchev–Trinajstić information content (AvgIpc) is 2.24. The number of rotatable bonds is 6. The molecule has 1 unspecified atom stereocenters. The van der Waals surface area contributed by atoms with Gasteiger partial charge in [-0.3, -0.25) is 0 Å². The lowest BCUT2D eigenvalue weighted by molar-refractivity contribution is 0.172. The van der Waals surface area contributed by atoms with Crippen molar-refractivity contribution >= 4 is 10.0 Å². The predicted octanol–water partition coefficient (Wildman–Crippen LogP) is 0.369. The van der Waals surface area contributed by atoms with Crippen LogP contribution in [0.15, 0.2) is 0 Å². The Labute approximate surface area is 91.2 Å².